The van der Waals surface area contributed by atoms with Crippen LogP contribution in [0.15, 0.2) is 95.5 Å². The van der Waals surface area contributed by atoms with Crippen molar-refractivity contribution in [1.29, 1.82) is 0 Å². The highest BCUT2D eigenvalue weighted by molar-refractivity contribution is 5.78. The van der Waals surface area contributed by atoms with Crippen molar-refractivity contribution in [2.24, 2.45) is 63.4 Å². The van der Waals surface area contributed by atoms with Gasteiger partial charge in [-0.25, -0.2) is 58.7 Å². The number of H-pyrrole nitrogens is 1. The molecule has 12 aromatic rings. The van der Waals surface area contributed by atoms with Crippen molar-refractivity contribution in [2.45, 2.75) is 152 Å². The predicted octanol–water partition coefficient (Wildman–Crippen LogP) is -1.96. The Labute approximate surface area is 622 Å². The van der Waals surface area contributed by atoms with Gasteiger partial charge in [0.25, 0.3) is 33.4 Å². The van der Waals surface area contributed by atoms with E-state index in [-0.39, 0.29) is 101 Å². The fourth-order valence-electron chi connectivity index (χ4n) is 11.4. The van der Waals surface area contributed by atoms with Crippen LogP contribution >= 0.6 is 0 Å². The maximum absolute atomic E-state index is 12.4. The first kappa shape index (κ1) is 85.6. The lowest BCUT2D eigenvalue weighted by molar-refractivity contribution is 0.0672. The molecule has 12 heterocycles. The summed E-state index contributed by atoms with van der Waals surface area (Å²) in [6, 6.07) is 0. The second-order valence-corrected chi connectivity index (χ2v) is 26.5. The second kappa shape index (κ2) is 36.5. The Balaban J connectivity index is 0.000000184. The monoisotopic (exact) mass is 1540 g/mol. The number of nitrogens with zero attached hydrogens (tertiary/aromatic N) is 23. The number of methoxy groups -OCH3 is 1. The van der Waals surface area contributed by atoms with E-state index in [9.17, 15) is 72.5 Å². The van der Waals surface area contributed by atoms with E-state index in [1.54, 1.807) is 92.7 Å². The highest BCUT2D eigenvalue weighted by atomic mass is 16.5. The summed E-state index contributed by atoms with van der Waals surface area (Å²) in [5, 5.41) is 19.3. The summed E-state index contributed by atoms with van der Waals surface area (Å²) in [5.41, 5.74) is -2.15. The van der Waals surface area contributed by atoms with Gasteiger partial charge in [-0.05, 0) is 93.9 Å². The van der Waals surface area contributed by atoms with Gasteiger partial charge in [0, 0.05) is 110 Å². The van der Waals surface area contributed by atoms with E-state index in [1.807, 2.05) is 20.8 Å². The molecule has 110 heavy (non-hydrogen) atoms. The minimum absolute atomic E-state index is 0.0968. The summed E-state index contributed by atoms with van der Waals surface area (Å²) in [6.07, 6.45) is 13.1. The Morgan fingerprint density at radius 1 is 0.391 bits per heavy atom. The minimum atomic E-state index is -0.768. The molecular formula is C67H96N24O19. The van der Waals surface area contributed by atoms with Crippen molar-refractivity contribution >= 4 is 73.4 Å². The number of rotatable bonds is 23. The van der Waals surface area contributed by atoms with E-state index >= 15 is 0 Å². The summed E-state index contributed by atoms with van der Waals surface area (Å²) in [4.78, 5) is 181. The second-order valence-electron chi connectivity index (χ2n) is 26.5. The zero-order valence-electron chi connectivity index (χ0n) is 65.0. The molecule has 0 aliphatic heterocycles. The summed E-state index contributed by atoms with van der Waals surface area (Å²) in [7, 11) is 15.5. The van der Waals surface area contributed by atoms with Crippen molar-refractivity contribution in [3.05, 3.63) is 163 Å². The number of aromatic nitrogens is 24. The molecule has 0 atom stereocenters. The van der Waals surface area contributed by atoms with Gasteiger partial charge in [-0.1, -0.05) is 0 Å². The van der Waals surface area contributed by atoms with Gasteiger partial charge < -0.3 is 52.0 Å². The van der Waals surface area contributed by atoms with Gasteiger partial charge in [0.1, 0.15) is 33.3 Å². The first-order valence-electron chi connectivity index (χ1n) is 34.8. The molecule has 43 heteroatoms. The van der Waals surface area contributed by atoms with Gasteiger partial charge in [0.15, 0.2) is 67.0 Å². The number of unbranched alkanes of at least 4 members (excludes halogenated alkanes) is 2. The molecule has 12 rings (SSSR count). The number of carbonyl (C=O) groups is 1. The Bertz CT molecular complexity index is 6080. The summed E-state index contributed by atoms with van der Waals surface area (Å²) in [5.74, 6) is 0. The van der Waals surface area contributed by atoms with Crippen molar-refractivity contribution in [3.8, 4) is 0 Å². The van der Waals surface area contributed by atoms with Crippen LogP contribution in [0.5, 0.6) is 0 Å². The third kappa shape index (κ3) is 18.5. The fraction of sp³-hybridized carbons (Fsp3) is 0.537. The predicted molar refractivity (Wildman–Crippen MR) is 405 cm³/mol. The van der Waals surface area contributed by atoms with Gasteiger partial charge in [-0.3, -0.25) is 93.4 Å². The van der Waals surface area contributed by atoms with Gasteiger partial charge in [-0.15, -0.1) is 0 Å². The number of nitrogens with one attached hydrogen (secondary N) is 1. The minimum Gasteiger partial charge on any atom is -0.390 e. The van der Waals surface area contributed by atoms with Crippen molar-refractivity contribution < 1.29 is 34.0 Å². The number of aliphatic hydroxyl groups is 2. The normalized spacial score (nSPS) is 11.6. The van der Waals surface area contributed by atoms with Crippen LogP contribution in [0.1, 0.15) is 93.9 Å². The lowest BCUT2D eigenvalue weighted by Gasteiger charge is -2.16. The number of imidazole rings is 6. The number of carbonyl (C=O) groups excluding carboxylic acids is 1. The Morgan fingerprint density at radius 3 is 1.14 bits per heavy atom. The molecule has 0 aromatic carbocycles. The van der Waals surface area contributed by atoms with Gasteiger partial charge in [-0.2, -0.15) is 0 Å². The highest BCUT2D eigenvalue weighted by Gasteiger charge is 2.22. The van der Waals surface area contributed by atoms with Crippen LogP contribution in [-0.2, 0) is 134 Å². The van der Waals surface area contributed by atoms with E-state index in [0.717, 1.165) is 29.3 Å². The summed E-state index contributed by atoms with van der Waals surface area (Å²) in [6.45, 7) is 17.8. The number of aryl methyl sites for hydroxylation is 6. The lowest BCUT2D eigenvalue weighted by atomic mass is 10.0. The highest BCUT2D eigenvalue weighted by Crippen LogP contribution is 2.15. The fourth-order valence-corrected chi connectivity index (χ4v) is 11.4. The molecule has 0 amide bonds. The molecule has 0 aliphatic rings. The largest absolute Gasteiger partial charge is 0.390 e. The quantitative estimate of drug-likeness (QED) is 0.0462. The van der Waals surface area contributed by atoms with Crippen LogP contribution in [0, 0.1) is 0 Å². The van der Waals surface area contributed by atoms with Crippen molar-refractivity contribution in [2.75, 3.05) is 26.9 Å². The van der Waals surface area contributed by atoms with Crippen LogP contribution < -0.4 is 67.5 Å². The molecule has 3 N–H and O–H groups in total. The van der Waals surface area contributed by atoms with E-state index < -0.39 is 28.1 Å². The SMILES string of the molecule is CCOCn1cnc2[nH]c(=O)n(C)c(=O)c21.CCOCn1cnc2c1c(=O)n(C)c(=O)n2C.CCOCn1cnc2c1c(=O)n(CC)c(=O)n2C.COCn1cnc2c1c(=O)n(C)c(=O)n2C.Cn1c(=O)n(CCCCC(C)(C)O)c(=O)c2c1ncn2C=O.Cn1cnc2c1c(=O)n(CCCCC(C)(C)O)c(=O)n2C. The molecule has 43 nitrogen and oxygen atoms in total. The number of ether oxygens (including phenoxy) is 4. The number of aromatic amines is 1. The van der Waals surface area contributed by atoms with Crippen LogP contribution in [0.3, 0.4) is 0 Å². The van der Waals surface area contributed by atoms with Crippen LogP contribution in [0.2, 0.25) is 0 Å². The van der Waals surface area contributed by atoms with E-state index in [2.05, 4.69) is 34.9 Å². The Kier molecular flexibility index (Phi) is 28.4. The lowest BCUT2D eigenvalue weighted by Crippen LogP contribution is -2.39. The smallest absolute Gasteiger partial charge is 0.332 e. The molecule has 0 aliphatic carbocycles. The average molecular weight is 1540 g/mol. The first-order chi connectivity index (χ1) is 51.9. The molecule has 0 fully saturated rings. The average Bonchev–Trinajstić information content (AvgIpc) is 1.60. The third-order valence-electron chi connectivity index (χ3n) is 17.5. The zero-order valence-corrected chi connectivity index (χ0v) is 65.0. The molecule has 12 aromatic heterocycles. The molecule has 0 spiro atoms. The summed E-state index contributed by atoms with van der Waals surface area (Å²) >= 11 is 0. The van der Waals surface area contributed by atoms with Gasteiger partial charge >= 0.3 is 34.1 Å². The van der Waals surface area contributed by atoms with E-state index in [4.69, 9.17) is 18.9 Å². The topological polar surface area (TPSA) is 476 Å². The van der Waals surface area contributed by atoms with Crippen LogP contribution in [-0.4, -0.2) is 167 Å². The maximum Gasteiger partial charge on any atom is 0.332 e. The van der Waals surface area contributed by atoms with Crippen molar-refractivity contribution in [1.82, 2.24) is 113 Å². The van der Waals surface area contributed by atoms with E-state index in [0.29, 0.717) is 122 Å². The van der Waals surface area contributed by atoms with Crippen molar-refractivity contribution in [3.63, 3.8) is 0 Å². The zero-order chi connectivity index (χ0) is 81.7. The first-order valence-corrected chi connectivity index (χ1v) is 34.8. The molecule has 598 valence electrons. The van der Waals surface area contributed by atoms with Gasteiger partial charge in [0.05, 0.1) is 42.8 Å². The number of hydrogen-bond donors (Lipinski definition) is 3. The summed E-state index contributed by atoms with van der Waals surface area (Å²) < 4.78 is 43.1. The molecule has 0 saturated heterocycles. The Hall–Kier alpha value is -11.7. The molecule has 0 unspecified atom stereocenters. The van der Waals surface area contributed by atoms with Crippen LogP contribution in [0.25, 0.3) is 67.0 Å². The molecule has 0 radical (unpaired) electrons. The van der Waals surface area contributed by atoms with E-state index in [1.165, 1.54) is 105 Å². The number of fused-ring (bicyclic) bond motifs is 6. The molecule has 0 saturated carbocycles. The van der Waals surface area contributed by atoms with Crippen LogP contribution in [0.4, 0.5) is 0 Å². The maximum atomic E-state index is 12.4. The molecule has 0 bridgehead atoms. The standard InChI is InChI=1S/C14H20N4O4.C14H22N4O3.C11H16N4O3.C10H14N4O3.2C9H12N4O3/c1-14(2,22)6-4-5-7-18-12(20)10-11(16(3)13(18)21)15-8-17(10)9-19;1-14(2,21)7-5-6-8-18-12(19)10-11(15-9-16(10)3)17(4)13(18)20;1-4-15-10(16)8-9(13(3)11(15)17)12-6-14(8)7-18-5-2;1-4-17-6-14-5-11-8-7(14)9(15)13(3)10(16)12(8)2;1-11-7-6(8(14)12(2)9(11)15)13(4-10-7)5-16-3;1-3-16-5-13-4-10-7-6(13)8(14)12(2)9(15)11-7/h8-9,22H,4-7H2,1-3H3;9,21H,5-8H2,1-4H3;6H,4-5,7H2,1-3H3;5H,4,6H2,1-3H3;4H,5H2,1-3H3;4H,3,5H2,1-2H3,(H,11,15). The third-order valence-corrected chi connectivity index (χ3v) is 17.5. The Morgan fingerprint density at radius 2 is 0.727 bits per heavy atom. The van der Waals surface area contributed by atoms with Gasteiger partial charge in [0.2, 0.25) is 6.41 Å². The molecular weight excluding hydrogens is 1440 g/mol. The number of hydrogen-bond acceptors (Lipinski definition) is 25.